The van der Waals surface area contributed by atoms with E-state index in [1.807, 2.05) is 24.3 Å². The minimum absolute atomic E-state index is 0.280. The summed E-state index contributed by atoms with van der Waals surface area (Å²) < 4.78 is 46.0. The Labute approximate surface area is 185 Å². The smallest absolute Gasteiger partial charge is 0.497 e. The van der Waals surface area contributed by atoms with Crippen molar-refractivity contribution in [2.24, 2.45) is 0 Å². The summed E-state index contributed by atoms with van der Waals surface area (Å²) in [5.74, 6) is 0.368. The van der Waals surface area contributed by atoms with E-state index in [1.54, 1.807) is 7.11 Å². The van der Waals surface area contributed by atoms with Crippen molar-refractivity contribution in [2.75, 3.05) is 52.2 Å². The molecule has 10 heteroatoms. The largest absolute Gasteiger partial charge is 0.573 e. The van der Waals surface area contributed by atoms with E-state index in [0.29, 0.717) is 12.2 Å². The third kappa shape index (κ3) is 7.31. The van der Waals surface area contributed by atoms with E-state index in [-0.39, 0.29) is 11.8 Å². The fourth-order valence-corrected chi connectivity index (χ4v) is 3.42. The summed E-state index contributed by atoms with van der Waals surface area (Å²) in [6, 6.07) is 11.7. The van der Waals surface area contributed by atoms with Crippen molar-refractivity contribution in [2.45, 2.75) is 12.4 Å². The number of alkyl halides is 3. The number of benzene rings is 2. The number of rotatable bonds is 7. The van der Waals surface area contributed by atoms with Gasteiger partial charge in [0.2, 0.25) is 0 Å². The number of hydrogen-bond acceptors (Lipinski definition) is 5. The van der Waals surface area contributed by atoms with E-state index in [4.69, 9.17) is 4.74 Å². The van der Waals surface area contributed by atoms with Gasteiger partial charge in [0, 0.05) is 38.4 Å². The van der Waals surface area contributed by atoms with Gasteiger partial charge in [-0.3, -0.25) is 4.90 Å². The van der Waals surface area contributed by atoms with Gasteiger partial charge >= 0.3 is 12.4 Å². The summed E-state index contributed by atoms with van der Waals surface area (Å²) in [5, 5.41) is 5.63. The summed E-state index contributed by atoms with van der Waals surface area (Å²) in [6.45, 7) is 4.33. The number of hydrogen-bond donors (Lipinski definition) is 2. The lowest BCUT2D eigenvalue weighted by molar-refractivity contribution is -0.274. The number of ether oxygens (including phenoxy) is 2. The maximum atomic E-state index is 12.6. The van der Waals surface area contributed by atoms with Crippen LogP contribution in [0.4, 0.5) is 23.7 Å². The second kappa shape index (κ2) is 10.6. The summed E-state index contributed by atoms with van der Waals surface area (Å²) in [4.78, 5) is 17.2. The molecule has 32 heavy (non-hydrogen) atoms. The van der Waals surface area contributed by atoms with Crippen LogP contribution in [-0.2, 0) is 0 Å². The van der Waals surface area contributed by atoms with Gasteiger partial charge in [-0.1, -0.05) is 12.1 Å². The molecule has 0 aliphatic carbocycles. The molecule has 1 saturated heterocycles. The highest BCUT2D eigenvalue weighted by atomic mass is 19.4. The first-order valence-electron chi connectivity index (χ1n) is 10.2. The van der Waals surface area contributed by atoms with E-state index in [1.165, 1.54) is 12.1 Å². The Morgan fingerprint density at radius 2 is 1.59 bits per heavy atom. The van der Waals surface area contributed by atoms with Crippen LogP contribution in [0.25, 0.3) is 0 Å². The molecule has 1 heterocycles. The van der Waals surface area contributed by atoms with Crippen LogP contribution in [0.5, 0.6) is 11.5 Å². The molecule has 7 nitrogen and oxygen atoms in total. The van der Waals surface area contributed by atoms with Crippen molar-refractivity contribution >= 4 is 11.7 Å². The number of urea groups is 1. The molecule has 2 N–H and O–H groups in total. The summed E-state index contributed by atoms with van der Waals surface area (Å²) in [6.07, 6.45) is -4.76. The number of halogens is 3. The second-order valence-electron chi connectivity index (χ2n) is 7.60. The molecule has 3 rings (SSSR count). The van der Waals surface area contributed by atoms with Crippen LogP contribution in [0.3, 0.4) is 0 Å². The zero-order valence-corrected chi connectivity index (χ0v) is 18.0. The molecule has 1 fully saturated rings. The van der Waals surface area contributed by atoms with Crippen LogP contribution in [0.2, 0.25) is 0 Å². The van der Waals surface area contributed by atoms with Crippen LogP contribution in [0.15, 0.2) is 48.5 Å². The van der Waals surface area contributed by atoms with E-state index in [9.17, 15) is 18.0 Å². The zero-order chi connectivity index (χ0) is 23.1. The van der Waals surface area contributed by atoms with E-state index in [0.717, 1.165) is 49.6 Å². The summed E-state index contributed by atoms with van der Waals surface area (Å²) in [7, 11) is 3.67. The molecular weight excluding hydrogens is 425 g/mol. The maximum Gasteiger partial charge on any atom is 0.573 e. The Morgan fingerprint density at radius 3 is 2.16 bits per heavy atom. The van der Waals surface area contributed by atoms with Gasteiger partial charge in [-0.15, -0.1) is 13.2 Å². The summed E-state index contributed by atoms with van der Waals surface area (Å²) >= 11 is 0. The van der Waals surface area contributed by atoms with E-state index < -0.39 is 12.4 Å². The number of carbonyl (C=O) groups excluding carboxylic acids is 1. The average Bonchev–Trinajstić information content (AvgIpc) is 2.75. The Morgan fingerprint density at radius 1 is 1.00 bits per heavy atom. The molecule has 1 atom stereocenters. The van der Waals surface area contributed by atoms with Crippen LogP contribution < -0.4 is 20.1 Å². The van der Waals surface area contributed by atoms with Gasteiger partial charge in [-0.2, -0.15) is 0 Å². The zero-order valence-electron chi connectivity index (χ0n) is 18.0. The molecule has 0 radical (unpaired) electrons. The lowest BCUT2D eigenvalue weighted by Gasteiger charge is -2.35. The third-order valence-corrected chi connectivity index (χ3v) is 5.21. The van der Waals surface area contributed by atoms with E-state index in [2.05, 4.69) is 32.2 Å². The Balaban J connectivity index is 1.65. The van der Waals surface area contributed by atoms with Crippen LogP contribution in [0, 0.1) is 0 Å². The monoisotopic (exact) mass is 452 g/mol. The first-order valence-corrected chi connectivity index (χ1v) is 10.2. The van der Waals surface area contributed by atoms with Gasteiger partial charge in [0.05, 0.1) is 13.2 Å². The molecule has 0 aromatic heterocycles. The topological polar surface area (TPSA) is 66.1 Å². The lowest BCUT2D eigenvalue weighted by atomic mass is 10.1. The minimum atomic E-state index is -4.76. The average molecular weight is 452 g/mol. The van der Waals surface area contributed by atoms with Crippen LogP contribution in [-0.4, -0.2) is 69.1 Å². The maximum absolute atomic E-state index is 12.6. The van der Waals surface area contributed by atoms with Gasteiger partial charge in [-0.25, -0.2) is 4.79 Å². The highest BCUT2D eigenvalue weighted by Crippen LogP contribution is 2.24. The van der Waals surface area contributed by atoms with Crippen molar-refractivity contribution in [1.29, 1.82) is 0 Å². The van der Waals surface area contributed by atoms with Crippen LogP contribution >= 0.6 is 0 Å². The first kappa shape index (κ1) is 23.7. The number of nitrogens with zero attached hydrogens (tertiary/aromatic N) is 2. The standard InChI is InChI=1S/C22H27F3N4O3/c1-28-11-13-29(14-12-28)15-20(16-3-7-18(31-2)8-4-16)27-21(30)26-17-5-9-19(10-6-17)32-22(23,24)25/h3-10,20H,11-15H2,1-2H3,(H2,26,27,30). The molecule has 2 aromatic carbocycles. The van der Waals surface area contributed by atoms with Gasteiger partial charge in [0.15, 0.2) is 0 Å². The molecule has 1 unspecified atom stereocenters. The van der Waals surface area contributed by atoms with Crippen molar-refractivity contribution < 1.29 is 27.4 Å². The van der Waals surface area contributed by atoms with Gasteiger partial charge in [0.25, 0.3) is 0 Å². The molecule has 0 spiro atoms. The predicted octanol–water partition coefficient (Wildman–Crippen LogP) is 3.70. The van der Waals surface area contributed by atoms with Crippen molar-refractivity contribution in [3.63, 3.8) is 0 Å². The number of piperazine rings is 1. The van der Waals surface area contributed by atoms with Crippen molar-refractivity contribution in [3.8, 4) is 11.5 Å². The van der Waals surface area contributed by atoms with Crippen molar-refractivity contribution in [1.82, 2.24) is 15.1 Å². The summed E-state index contributed by atoms with van der Waals surface area (Å²) in [5.41, 5.74) is 1.28. The number of carbonyl (C=O) groups is 1. The molecule has 0 bridgehead atoms. The fraction of sp³-hybridized carbons (Fsp3) is 0.409. The molecular formula is C22H27F3N4O3. The number of methoxy groups -OCH3 is 1. The predicted molar refractivity (Wildman–Crippen MR) is 115 cm³/mol. The Kier molecular flexibility index (Phi) is 7.81. The molecule has 1 aliphatic rings. The molecule has 2 amide bonds. The molecule has 2 aromatic rings. The highest BCUT2D eigenvalue weighted by molar-refractivity contribution is 5.89. The second-order valence-corrected chi connectivity index (χ2v) is 7.60. The van der Waals surface area contributed by atoms with Gasteiger partial charge < -0.3 is 25.0 Å². The Bertz CT molecular complexity index is 867. The first-order chi connectivity index (χ1) is 15.2. The minimum Gasteiger partial charge on any atom is -0.497 e. The molecule has 1 aliphatic heterocycles. The molecule has 174 valence electrons. The SMILES string of the molecule is COc1ccc(C(CN2CCN(C)CC2)NC(=O)Nc2ccc(OC(F)(F)F)cc2)cc1. The normalized spacial score (nSPS) is 16.3. The van der Waals surface area contributed by atoms with Crippen LogP contribution in [0.1, 0.15) is 11.6 Å². The van der Waals surface area contributed by atoms with Crippen molar-refractivity contribution in [3.05, 3.63) is 54.1 Å². The number of anilines is 1. The number of likely N-dealkylation sites (N-methyl/N-ethyl adjacent to an activating group) is 1. The lowest BCUT2D eigenvalue weighted by Crippen LogP contribution is -2.48. The highest BCUT2D eigenvalue weighted by Gasteiger charge is 2.31. The third-order valence-electron chi connectivity index (χ3n) is 5.21. The number of nitrogens with one attached hydrogen (secondary N) is 2. The Hall–Kier alpha value is -2.98. The quantitative estimate of drug-likeness (QED) is 0.671. The van der Waals surface area contributed by atoms with Gasteiger partial charge in [-0.05, 0) is 49.0 Å². The van der Waals surface area contributed by atoms with E-state index >= 15 is 0 Å². The fourth-order valence-electron chi connectivity index (χ4n) is 3.42. The molecule has 0 saturated carbocycles. The van der Waals surface area contributed by atoms with Gasteiger partial charge in [0.1, 0.15) is 11.5 Å². The number of amides is 2.